The average molecular weight is 497 g/mol. The Hall–Kier alpha value is -3.45. The third-order valence-electron chi connectivity index (χ3n) is 7.45. The van der Waals surface area contributed by atoms with Gasteiger partial charge < -0.3 is 4.98 Å². The Morgan fingerprint density at radius 3 is 2.64 bits per heavy atom. The van der Waals surface area contributed by atoms with Gasteiger partial charge in [-0.05, 0) is 43.9 Å². The van der Waals surface area contributed by atoms with Crippen molar-refractivity contribution in [1.82, 2.24) is 19.5 Å². The summed E-state index contributed by atoms with van der Waals surface area (Å²) >= 11 is 1.41. The lowest BCUT2D eigenvalue weighted by molar-refractivity contribution is 0.426. The third kappa shape index (κ3) is 3.82. The summed E-state index contributed by atoms with van der Waals surface area (Å²) in [7, 11) is 0. The number of allylic oxidation sites excluding steroid dienone is 1. The van der Waals surface area contributed by atoms with E-state index in [0.717, 1.165) is 54.5 Å². The van der Waals surface area contributed by atoms with Crippen molar-refractivity contribution in [2.45, 2.75) is 61.9 Å². The molecule has 0 amide bonds. The van der Waals surface area contributed by atoms with Crippen LogP contribution in [-0.4, -0.2) is 19.5 Å². The molecular formula is C29H28N4O2S. The molecule has 1 N–H and O–H groups in total. The fraction of sp³-hybridized carbons (Fsp3) is 0.310. The minimum Gasteiger partial charge on any atom is -0.310 e. The topological polar surface area (TPSA) is 80.6 Å². The number of nitrogens with zero attached hydrogens (tertiary/aromatic N) is 3. The summed E-state index contributed by atoms with van der Waals surface area (Å²) in [4.78, 5) is 39.6. The number of benzene rings is 2. The van der Waals surface area contributed by atoms with E-state index in [1.165, 1.54) is 17.3 Å². The molecule has 36 heavy (non-hydrogen) atoms. The van der Waals surface area contributed by atoms with E-state index in [2.05, 4.69) is 29.8 Å². The molecule has 2 aliphatic carbocycles. The minimum atomic E-state index is -0.113. The highest BCUT2D eigenvalue weighted by Crippen LogP contribution is 2.49. The fourth-order valence-electron chi connectivity index (χ4n) is 5.91. The Morgan fingerprint density at radius 1 is 1.08 bits per heavy atom. The van der Waals surface area contributed by atoms with Gasteiger partial charge >= 0.3 is 0 Å². The van der Waals surface area contributed by atoms with Gasteiger partial charge in [0.05, 0.1) is 27.9 Å². The van der Waals surface area contributed by atoms with Crippen LogP contribution >= 0.6 is 11.8 Å². The molecule has 182 valence electrons. The van der Waals surface area contributed by atoms with E-state index in [0.29, 0.717) is 34.2 Å². The first kappa shape index (κ1) is 23.0. The van der Waals surface area contributed by atoms with Crippen molar-refractivity contribution in [3.05, 3.63) is 98.3 Å². The standard InChI is InChI=1S/C29H28N4O2S/c1-18(2)16-33-27(35)21-11-5-6-12-22(21)30-28(33)36-17-23-31-25-20-10-4-3-9-19(20)15-29(13-7-8-14-29)24(25)26(34)32-23/h3-6,9-12H,1,7-8,13-17H2,2H3,(H,31,32,34). The molecule has 6 nitrogen and oxygen atoms in total. The van der Waals surface area contributed by atoms with Gasteiger partial charge in [-0.15, -0.1) is 0 Å². The monoisotopic (exact) mass is 496 g/mol. The van der Waals surface area contributed by atoms with E-state index in [1.54, 1.807) is 10.6 Å². The lowest BCUT2D eigenvalue weighted by atomic mass is 9.68. The number of hydrogen-bond donors (Lipinski definition) is 1. The fourth-order valence-corrected chi connectivity index (χ4v) is 6.78. The number of thioether (sulfide) groups is 1. The first-order chi connectivity index (χ1) is 17.4. The number of aromatic amines is 1. The van der Waals surface area contributed by atoms with E-state index >= 15 is 0 Å². The van der Waals surface area contributed by atoms with Crippen LogP contribution in [0.3, 0.4) is 0 Å². The second kappa shape index (κ2) is 8.89. The van der Waals surface area contributed by atoms with Gasteiger partial charge in [-0.2, -0.15) is 0 Å². The summed E-state index contributed by atoms with van der Waals surface area (Å²) in [6.45, 7) is 6.28. The maximum Gasteiger partial charge on any atom is 0.262 e. The second-order valence-electron chi connectivity index (χ2n) is 10.1. The number of hydrogen-bond acceptors (Lipinski definition) is 5. The third-order valence-corrected chi connectivity index (χ3v) is 8.44. The number of rotatable bonds is 5. The van der Waals surface area contributed by atoms with Gasteiger partial charge in [0, 0.05) is 17.5 Å². The molecule has 2 aromatic heterocycles. The Kier molecular flexibility index (Phi) is 5.67. The largest absolute Gasteiger partial charge is 0.310 e. The number of H-pyrrole nitrogens is 1. The van der Waals surface area contributed by atoms with Crippen molar-refractivity contribution >= 4 is 22.7 Å². The van der Waals surface area contributed by atoms with Crippen LogP contribution in [0.2, 0.25) is 0 Å². The van der Waals surface area contributed by atoms with Gasteiger partial charge in [0.1, 0.15) is 5.82 Å². The van der Waals surface area contributed by atoms with Crippen LogP contribution in [-0.2, 0) is 24.1 Å². The van der Waals surface area contributed by atoms with Crippen LogP contribution < -0.4 is 11.1 Å². The summed E-state index contributed by atoms with van der Waals surface area (Å²) in [6, 6.07) is 15.7. The minimum absolute atomic E-state index is 0.0298. The van der Waals surface area contributed by atoms with Crippen LogP contribution in [0.5, 0.6) is 0 Å². The highest BCUT2D eigenvalue weighted by Gasteiger charge is 2.43. The molecule has 0 radical (unpaired) electrons. The number of aromatic nitrogens is 4. The second-order valence-corrected chi connectivity index (χ2v) is 11.0. The summed E-state index contributed by atoms with van der Waals surface area (Å²) in [5.74, 6) is 0.997. The lowest BCUT2D eigenvalue weighted by Gasteiger charge is -2.35. The zero-order chi connectivity index (χ0) is 24.9. The Morgan fingerprint density at radius 2 is 1.83 bits per heavy atom. The molecule has 6 rings (SSSR count). The molecule has 0 atom stereocenters. The molecule has 1 fully saturated rings. The predicted octanol–water partition coefficient (Wildman–Crippen LogP) is 5.38. The molecule has 7 heteroatoms. The van der Waals surface area contributed by atoms with Crippen LogP contribution in [0.4, 0.5) is 0 Å². The zero-order valence-electron chi connectivity index (χ0n) is 20.3. The molecule has 0 saturated heterocycles. The maximum absolute atomic E-state index is 13.5. The average Bonchev–Trinajstić information content (AvgIpc) is 3.32. The van der Waals surface area contributed by atoms with Gasteiger partial charge in [-0.25, -0.2) is 9.97 Å². The Bertz CT molecular complexity index is 1630. The molecule has 1 spiro atoms. The summed E-state index contributed by atoms with van der Waals surface area (Å²) < 4.78 is 1.66. The van der Waals surface area contributed by atoms with E-state index in [4.69, 9.17) is 9.97 Å². The SMILES string of the molecule is C=C(C)Cn1c(SCc2nc3c(c(=O)[nH]2)C2(CCCC2)Cc2ccccc2-3)nc2ccccc2c1=O. The van der Waals surface area contributed by atoms with Crippen LogP contribution in [0, 0.1) is 0 Å². The summed E-state index contributed by atoms with van der Waals surface area (Å²) in [5.41, 5.74) is 5.31. The normalized spacial score (nSPS) is 15.7. The lowest BCUT2D eigenvalue weighted by Crippen LogP contribution is -2.37. The predicted molar refractivity (Wildman–Crippen MR) is 145 cm³/mol. The first-order valence-electron chi connectivity index (χ1n) is 12.4. The zero-order valence-corrected chi connectivity index (χ0v) is 21.2. The van der Waals surface area contributed by atoms with Gasteiger partial charge in [0.2, 0.25) is 0 Å². The van der Waals surface area contributed by atoms with Crippen molar-refractivity contribution < 1.29 is 0 Å². The van der Waals surface area contributed by atoms with Gasteiger partial charge in [-0.3, -0.25) is 14.2 Å². The number of nitrogens with one attached hydrogen (secondary N) is 1. The Labute approximate surface area is 213 Å². The molecule has 2 heterocycles. The van der Waals surface area contributed by atoms with Crippen molar-refractivity contribution in [2.24, 2.45) is 0 Å². The van der Waals surface area contributed by atoms with Gasteiger partial charge in [0.25, 0.3) is 11.1 Å². The molecule has 2 aliphatic rings. The van der Waals surface area contributed by atoms with E-state index in [1.807, 2.05) is 31.2 Å². The van der Waals surface area contributed by atoms with Crippen molar-refractivity contribution in [1.29, 1.82) is 0 Å². The quantitative estimate of drug-likeness (QED) is 0.228. The van der Waals surface area contributed by atoms with Crippen molar-refractivity contribution in [3.8, 4) is 11.3 Å². The number of fused-ring (bicyclic) bond motifs is 5. The van der Waals surface area contributed by atoms with Gasteiger partial charge in [-0.1, -0.05) is 73.2 Å². The molecule has 0 bridgehead atoms. The van der Waals surface area contributed by atoms with Crippen molar-refractivity contribution in [3.63, 3.8) is 0 Å². The maximum atomic E-state index is 13.5. The van der Waals surface area contributed by atoms with Crippen molar-refractivity contribution in [2.75, 3.05) is 0 Å². The molecule has 2 aromatic carbocycles. The van der Waals surface area contributed by atoms with Crippen LogP contribution in [0.15, 0.2) is 75.4 Å². The number of para-hydroxylation sites is 1. The highest BCUT2D eigenvalue weighted by molar-refractivity contribution is 7.98. The van der Waals surface area contributed by atoms with E-state index < -0.39 is 0 Å². The Balaban J connectivity index is 1.42. The summed E-state index contributed by atoms with van der Waals surface area (Å²) in [6.07, 6.45) is 5.26. The van der Waals surface area contributed by atoms with Gasteiger partial charge in [0.15, 0.2) is 5.16 Å². The van der Waals surface area contributed by atoms with Crippen LogP contribution in [0.1, 0.15) is 49.6 Å². The smallest absolute Gasteiger partial charge is 0.262 e. The van der Waals surface area contributed by atoms with Crippen LogP contribution in [0.25, 0.3) is 22.2 Å². The molecule has 0 aliphatic heterocycles. The highest BCUT2D eigenvalue weighted by atomic mass is 32.2. The van der Waals surface area contributed by atoms with E-state index in [9.17, 15) is 9.59 Å². The molecule has 4 aromatic rings. The first-order valence-corrected chi connectivity index (χ1v) is 13.4. The molecular weight excluding hydrogens is 468 g/mol. The molecule has 0 unspecified atom stereocenters. The molecule has 1 saturated carbocycles. The van der Waals surface area contributed by atoms with E-state index in [-0.39, 0.29) is 16.5 Å². The summed E-state index contributed by atoms with van der Waals surface area (Å²) in [5, 5.41) is 1.18.